The van der Waals surface area contributed by atoms with Crippen molar-refractivity contribution in [3.8, 4) is 11.5 Å². The Morgan fingerprint density at radius 2 is 1.65 bits per heavy atom. The van der Waals surface area contributed by atoms with Gasteiger partial charge in [0.1, 0.15) is 6.61 Å². The highest BCUT2D eigenvalue weighted by Crippen LogP contribution is 2.35. The zero-order valence-electron chi connectivity index (χ0n) is 16.6. The van der Waals surface area contributed by atoms with Gasteiger partial charge in [-0.1, -0.05) is 53.0 Å². The van der Waals surface area contributed by atoms with E-state index in [2.05, 4.69) is 5.32 Å². The van der Waals surface area contributed by atoms with E-state index in [0.29, 0.717) is 40.4 Å². The summed E-state index contributed by atoms with van der Waals surface area (Å²) < 4.78 is 11.7. The maximum atomic E-state index is 11.1. The van der Waals surface area contributed by atoms with Crippen LogP contribution in [0.1, 0.15) is 28.4 Å². The number of hydrogen-bond donors (Lipinski definition) is 2. The van der Waals surface area contributed by atoms with Crippen molar-refractivity contribution in [1.29, 1.82) is 0 Å². The molecule has 2 N–H and O–H groups in total. The molecule has 0 aliphatic rings. The minimum Gasteiger partial charge on any atom is -0.490 e. The fourth-order valence-corrected chi connectivity index (χ4v) is 3.53. The largest absolute Gasteiger partial charge is 0.490 e. The number of carbonyl (C=O) groups is 1. The van der Waals surface area contributed by atoms with Gasteiger partial charge in [-0.3, -0.25) is 0 Å². The lowest BCUT2D eigenvalue weighted by Crippen LogP contribution is -2.05. The van der Waals surface area contributed by atoms with E-state index in [1.54, 1.807) is 24.3 Å². The van der Waals surface area contributed by atoms with Crippen molar-refractivity contribution in [3.63, 3.8) is 0 Å². The molecule has 0 saturated carbocycles. The summed E-state index contributed by atoms with van der Waals surface area (Å²) in [6.07, 6.45) is 0. The van der Waals surface area contributed by atoms with Gasteiger partial charge in [0.2, 0.25) is 0 Å². The number of anilines is 1. The Labute approximate surface area is 195 Å². The van der Waals surface area contributed by atoms with Crippen LogP contribution in [0.25, 0.3) is 0 Å². The van der Waals surface area contributed by atoms with Gasteiger partial charge in [-0.25, -0.2) is 4.79 Å². The second-order valence-corrected chi connectivity index (χ2v) is 7.78. The van der Waals surface area contributed by atoms with E-state index in [9.17, 15) is 4.79 Å². The summed E-state index contributed by atoms with van der Waals surface area (Å²) in [7, 11) is 0. The molecule has 0 unspecified atom stereocenters. The van der Waals surface area contributed by atoms with E-state index >= 15 is 0 Å². The van der Waals surface area contributed by atoms with Crippen LogP contribution in [0.15, 0.2) is 54.6 Å². The first kappa shape index (κ1) is 23.1. The molecule has 3 aromatic carbocycles. The molecule has 0 bridgehead atoms. The molecule has 0 aromatic heterocycles. The molecule has 0 heterocycles. The van der Waals surface area contributed by atoms with Crippen LogP contribution < -0.4 is 14.8 Å². The summed E-state index contributed by atoms with van der Waals surface area (Å²) in [4.78, 5) is 11.1. The van der Waals surface area contributed by atoms with Gasteiger partial charge in [0.05, 0.1) is 17.2 Å². The Kier molecular flexibility index (Phi) is 7.91. The Balaban J connectivity index is 1.75. The van der Waals surface area contributed by atoms with Crippen LogP contribution in [-0.2, 0) is 13.2 Å². The Morgan fingerprint density at radius 3 is 2.32 bits per heavy atom. The van der Waals surface area contributed by atoms with Gasteiger partial charge >= 0.3 is 5.97 Å². The van der Waals surface area contributed by atoms with E-state index in [0.717, 1.165) is 11.1 Å². The molecule has 8 heteroatoms. The fraction of sp³-hybridized carbons (Fsp3) is 0.174. The van der Waals surface area contributed by atoms with Gasteiger partial charge < -0.3 is 19.9 Å². The van der Waals surface area contributed by atoms with Crippen molar-refractivity contribution in [2.75, 3.05) is 11.9 Å². The summed E-state index contributed by atoms with van der Waals surface area (Å²) in [5, 5.41) is 13.5. The van der Waals surface area contributed by atoms with E-state index in [1.807, 2.05) is 31.2 Å². The number of halogens is 3. The minimum atomic E-state index is -1.08. The van der Waals surface area contributed by atoms with Crippen LogP contribution in [0, 0.1) is 0 Å². The SMILES string of the molecule is CCOc1cc(CNc2ccc(C(=O)O)c(Cl)c2)c(Cl)cc1OCc1ccccc1Cl. The molecule has 0 fully saturated rings. The lowest BCUT2D eigenvalue weighted by Gasteiger charge is -2.16. The molecule has 5 nitrogen and oxygen atoms in total. The van der Waals surface area contributed by atoms with Gasteiger partial charge in [0, 0.05) is 33.9 Å². The fourth-order valence-electron chi connectivity index (χ4n) is 2.86. The van der Waals surface area contributed by atoms with Gasteiger partial charge in [-0.05, 0) is 42.8 Å². The van der Waals surface area contributed by atoms with Crippen molar-refractivity contribution in [2.45, 2.75) is 20.1 Å². The molecule has 0 atom stereocenters. The zero-order valence-corrected chi connectivity index (χ0v) is 18.9. The van der Waals surface area contributed by atoms with E-state index in [-0.39, 0.29) is 17.2 Å². The van der Waals surface area contributed by atoms with Crippen molar-refractivity contribution >= 4 is 46.5 Å². The number of ether oxygens (including phenoxy) is 2. The predicted octanol–water partition coefficient (Wildman–Crippen LogP) is 6.93. The molecule has 31 heavy (non-hydrogen) atoms. The number of aromatic carboxylic acids is 1. The first-order chi connectivity index (χ1) is 14.9. The summed E-state index contributed by atoms with van der Waals surface area (Å²) in [5.41, 5.74) is 2.36. The summed E-state index contributed by atoms with van der Waals surface area (Å²) in [6.45, 7) is 3.01. The third-order valence-electron chi connectivity index (χ3n) is 4.44. The van der Waals surface area contributed by atoms with Crippen molar-refractivity contribution in [3.05, 3.63) is 86.4 Å². The van der Waals surface area contributed by atoms with Gasteiger partial charge in [-0.15, -0.1) is 0 Å². The van der Waals surface area contributed by atoms with E-state index < -0.39 is 5.97 Å². The third-order valence-corrected chi connectivity index (χ3v) is 5.47. The lowest BCUT2D eigenvalue weighted by atomic mass is 10.1. The summed E-state index contributed by atoms with van der Waals surface area (Å²) >= 11 is 18.7. The maximum Gasteiger partial charge on any atom is 0.337 e. The van der Waals surface area contributed by atoms with Crippen LogP contribution in [0.2, 0.25) is 15.1 Å². The molecule has 0 radical (unpaired) electrons. The highest BCUT2D eigenvalue weighted by Gasteiger charge is 2.13. The van der Waals surface area contributed by atoms with Crippen LogP contribution in [0.3, 0.4) is 0 Å². The highest BCUT2D eigenvalue weighted by molar-refractivity contribution is 6.33. The minimum absolute atomic E-state index is 0.0453. The molecule has 162 valence electrons. The van der Waals surface area contributed by atoms with Crippen molar-refractivity contribution in [2.24, 2.45) is 0 Å². The number of rotatable bonds is 9. The second kappa shape index (κ2) is 10.6. The van der Waals surface area contributed by atoms with Gasteiger partial charge in [0.25, 0.3) is 0 Å². The van der Waals surface area contributed by atoms with Gasteiger partial charge in [0.15, 0.2) is 11.5 Å². The average Bonchev–Trinajstić information content (AvgIpc) is 2.73. The quantitative estimate of drug-likeness (QED) is 0.347. The van der Waals surface area contributed by atoms with E-state index in [1.165, 1.54) is 6.07 Å². The standard InChI is InChI=1S/C23H20Cl3NO4/c1-2-30-21-9-15(12-27-16-7-8-17(23(28)29)20(26)10-16)19(25)11-22(21)31-13-14-5-3-4-6-18(14)24/h3-11,27H,2,12-13H2,1H3,(H,28,29). The first-order valence-electron chi connectivity index (χ1n) is 9.47. The van der Waals surface area contributed by atoms with Crippen LogP contribution in [0.5, 0.6) is 11.5 Å². The monoisotopic (exact) mass is 479 g/mol. The predicted molar refractivity (Wildman–Crippen MR) is 124 cm³/mol. The number of carboxylic acids is 1. The number of nitrogens with one attached hydrogen (secondary N) is 1. The molecule has 0 saturated heterocycles. The number of benzene rings is 3. The molecule has 0 amide bonds. The summed E-state index contributed by atoms with van der Waals surface area (Å²) in [6, 6.07) is 15.6. The highest BCUT2D eigenvalue weighted by atomic mass is 35.5. The molecular weight excluding hydrogens is 461 g/mol. The topological polar surface area (TPSA) is 67.8 Å². The Hall–Kier alpha value is -2.60. The smallest absolute Gasteiger partial charge is 0.337 e. The molecule has 0 spiro atoms. The third kappa shape index (κ3) is 5.97. The van der Waals surface area contributed by atoms with Crippen molar-refractivity contribution in [1.82, 2.24) is 0 Å². The molecular formula is C23H20Cl3NO4. The van der Waals surface area contributed by atoms with E-state index in [4.69, 9.17) is 49.4 Å². The molecule has 3 rings (SSSR count). The normalized spacial score (nSPS) is 10.6. The molecule has 0 aliphatic heterocycles. The second-order valence-electron chi connectivity index (χ2n) is 6.56. The first-order valence-corrected chi connectivity index (χ1v) is 10.6. The van der Waals surface area contributed by atoms with Crippen LogP contribution >= 0.6 is 34.8 Å². The van der Waals surface area contributed by atoms with Crippen LogP contribution in [0.4, 0.5) is 5.69 Å². The Morgan fingerprint density at radius 1 is 0.903 bits per heavy atom. The average molecular weight is 481 g/mol. The maximum absolute atomic E-state index is 11.1. The van der Waals surface area contributed by atoms with Gasteiger partial charge in [-0.2, -0.15) is 0 Å². The summed E-state index contributed by atoms with van der Waals surface area (Å²) in [5.74, 6) is 0.00714. The Bertz CT molecular complexity index is 1090. The lowest BCUT2D eigenvalue weighted by molar-refractivity contribution is 0.0697. The molecule has 3 aromatic rings. The zero-order chi connectivity index (χ0) is 22.4. The van der Waals surface area contributed by atoms with Crippen LogP contribution in [-0.4, -0.2) is 17.7 Å². The number of carboxylic acid groups (broad SMARTS) is 1. The van der Waals surface area contributed by atoms with Crippen molar-refractivity contribution < 1.29 is 19.4 Å². The number of hydrogen-bond acceptors (Lipinski definition) is 4. The molecule has 0 aliphatic carbocycles.